The van der Waals surface area contributed by atoms with Crippen LogP contribution in [0.5, 0.6) is 0 Å². The number of hydrogen-bond donors (Lipinski definition) is 0. The molecule has 1 aromatic carbocycles. The molecule has 9 nitrogen and oxygen atoms in total. The van der Waals surface area contributed by atoms with Gasteiger partial charge in [0.1, 0.15) is 5.78 Å². The molecule has 0 fully saturated rings. The number of carbonyl (C=O) groups excluding carboxylic acids is 2. The predicted octanol–water partition coefficient (Wildman–Crippen LogP) is 3.13. The molecular formula is C17H17N3O6. The Morgan fingerprint density at radius 3 is 2.15 bits per heavy atom. The van der Waals surface area contributed by atoms with Crippen molar-refractivity contribution in [1.29, 1.82) is 0 Å². The van der Waals surface area contributed by atoms with Crippen molar-refractivity contribution in [2.75, 3.05) is 0 Å². The first kappa shape index (κ1) is 19.1. The molecule has 0 bridgehead atoms. The lowest BCUT2D eigenvalue weighted by atomic mass is 9.72. The topological polar surface area (TPSA) is 133 Å². The molecule has 0 aliphatic carbocycles. The second-order valence-electron chi connectivity index (χ2n) is 6.13. The number of non-ortho nitro benzene ring substituents is 1. The van der Waals surface area contributed by atoms with Crippen molar-refractivity contribution >= 4 is 28.7 Å². The Bertz CT molecular complexity index is 900. The van der Waals surface area contributed by atoms with Gasteiger partial charge in [-0.15, -0.1) is 0 Å². The van der Waals surface area contributed by atoms with E-state index in [0.717, 1.165) is 12.1 Å². The summed E-state index contributed by atoms with van der Waals surface area (Å²) in [5.74, 6) is -2.42. The lowest BCUT2D eigenvalue weighted by Crippen LogP contribution is -2.33. The van der Waals surface area contributed by atoms with Crippen LogP contribution in [-0.2, 0) is 9.59 Å². The highest BCUT2D eigenvalue weighted by Crippen LogP contribution is 2.43. The van der Waals surface area contributed by atoms with Gasteiger partial charge in [-0.05, 0) is 33.8 Å². The summed E-state index contributed by atoms with van der Waals surface area (Å²) in [7, 11) is 0. The number of benzene rings is 1. The summed E-state index contributed by atoms with van der Waals surface area (Å²) < 4.78 is 0. The number of allylic oxidation sites excluding steroid dienone is 2. The van der Waals surface area contributed by atoms with Crippen molar-refractivity contribution in [2.45, 2.75) is 33.6 Å². The Kier molecular flexibility index (Phi) is 5.10. The van der Waals surface area contributed by atoms with Crippen LogP contribution in [0.25, 0.3) is 0 Å². The number of rotatable bonds is 5. The summed E-state index contributed by atoms with van der Waals surface area (Å²) in [4.78, 5) is 49.7. The van der Waals surface area contributed by atoms with Crippen LogP contribution in [0.1, 0.15) is 39.2 Å². The Labute approximate surface area is 148 Å². The van der Waals surface area contributed by atoms with Crippen LogP contribution in [-0.4, -0.2) is 27.1 Å². The number of aliphatic imine (C=N–C) groups is 1. The number of carbonyl (C=O) groups is 2. The predicted molar refractivity (Wildman–Crippen MR) is 93.2 cm³/mol. The van der Waals surface area contributed by atoms with E-state index < -0.39 is 33.1 Å². The molecule has 0 amide bonds. The van der Waals surface area contributed by atoms with E-state index in [1.807, 2.05) is 0 Å². The van der Waals surface area contributed by atoms with Gasteiger partial charge in [0.2, 0.25) is 0 Å². The zero-order valence-corrected chi connectivity index (χ0v) is 14.7. The van der Waals surface area contributed by atoms with E-state index in [-0.39, 0.29) is 22.7 Å². The second kappa shape index (κ2) is 6.95. The molecule has 0 aromatic heterocycles. The number of nitro groups is 2. The molecule has 1 aliphatic heterocycles. The SMILES string of the molecule is CC(=O)C1=C(C)N=C(C)C(C(C)=O)C1c1ccc([N+](=O)[O-])cc1[N+](=O)[O-]. The zero-order chi connectivity index (χ0) is 19.8. The summed E-state index contributed by atoms with van der Waals surface area (Å²) in [6.07, 6.45) is 0. The van der Waals surface area contributed by atoms with E-state index in [4.69, 9.17) is 0 Å². The maximum Gasteiger partial charge on any atom is 0.280 e. The Hall–Kier alpha value is -3.23. The number of ketones is 2. The van der Waals surface area contributed by atoms with Crippen LogP contribution in [0, 0.1) is 26.1 Å². The minimum Gasteiger partial charge on any atom is -0.299 e. The largest absolute Gasteiger partial charge is 0.299 e. The third-order valence-corrected chi connectivity index (χ3v) is 4.40. The van der Waals surface area contributed by atoms with Crippen LogP contribution in [0.3, 0.4) is 0 Å². The molecule has 0 spiro atoms. The number of nitro benzene ring substituents is 2. The maximum atomic E-state index is 12.2. The summed E-state index contributed by atoms with van der Waals surface area (Å²) in [5.41, 5.74) is 0.165. The van der Waals surface area contributed by atoms with E-state index in [9.17, 15) is 29.8 Å². The van der Waals surface area contributed by atoms with Crippen molar-refractivity contribution in [3.8, 4) is 0 Å². The van der Waals surface area contributed by atoms with Crippen LogP contribution >= 0.6 is 0 Å². The van der Waals surface area contributed by atoms with Crippen LogP contribution in [0.4, 0.5) is 11.4 Å². The van der Waals surface area contributed by atoms with E-state index in [1.165, 1.54) is 19.9 Å². The van der Waals surface area contributed by atoms with Crippen molar-refractivity contribution in [1.82, 2.24) is 0 Å². The zero-order valence-electron chi connectivity index (χ0n) is 14.7. The first-order valence-electron chi connectivity index (χ1n) is 7.76. The van der Waals surface area contributed by atoms with Gasteiger partial charge in [0.05, 0.1) is 21.8 Å². The highest BCUT2D eigenvalue weighted by molar-refractivity contribution is 6.09. The van der Waals surface area contributed by atoms with Crippen LogP contribution in [0.2, 0.25) is 0 Å². The third kappa shape index (κ3) is 3.28. The van der Waals surface area contributed by atoms with Gasteiger partial charge < -0.3 is 0 Å². The Morgan fingerprint density at radius 1 is 1.08 bits per heavy atom. The maximum absolute atomic E-state index is 12.2. The lowest BCUT2D eigenvalue weighted by Gasteiger charge is -2.31. The smallest absolute Gasteiger partial charge is 0.280 e. The van der Waals surface area contributed by atoms with Crippen LogP contribution < -0.4 is 0 Å². The number of hydrogen-bond acceptors (Lipinski definition) is 7. The Balaban J connectivity index is 2.82. The standard InChI is InChI=1S/C17H17N3O6/c1-8-15(10(3)21)17(16(11(4)22)9(2)18-8)13-6-5-12(19(23)24)7-14(13)20(25)26/h5-7,15,17H,1-4H3. The number of nitrogens with zero attached hydrogens (tertiary/aromatic N) is 3. The molecule has 2 unspecified atom stereocenters. The molecule has 1 aliphatic rings. The van der Waals surface area contributed by atoms with Gasteiger partial charge in [-0.2, -0.15) is 0 Å². The van der Waals surface area contributed by atoms with E-state index in [1.54, 1.807) is 13.8 Å². The van der Waals surface area contributed by atoms with Gasteiger partial charge in [0, 0.05) is 34.5 Å². The summed E-state index contributed by atoms with van der Waals surface area (Å²) in [5, 5.41) is 22.5. The molecule has 2 rings (SSSR count). The molecule has 9 heteroatoms. The fourth-order valence-corrected chi connectivity index (χ4v) is 3.43. The quantitative estimate of drug-likeness (QED) is 0.586. The lowest BCUT2D eigenvalue weighted by molar-refractivity contribution is -0.394. The average Bonchev–Trinajstić information content (AvgIpc) is 2.52. The monoisotopic (exact) mass is 359 g/mol. The highest BCUT2D eigenvalue weighted by Gasteiger charge is 2.41. The van der Waals surface area contributed by atoms with Gasteiger partial charge in [-0.1, -0.05) is 0 Å². The van der Waals surface area contributed by atoms with E-state index in [2.05, 4.69) is 4.99 Å². The van der Waals surface area contributed by atoms with E-state index >= 15 is 0 Å². The minimum atomic E-state index is -0.913. The summed E-state index contributed by atoms with van der Waals surface area (Å²) in [6, 6.07) is 3.22. The molecule has 1 aromatic rings. The van der Waals surface area contributed by atoms with Crippen molar-refractivity contribution in [3.63, 3.8) is 0 Å². The molecule has 136 valence electrons. The number of Topliss-reactive ketones (excluding diaryl/α,β-unsaturated/α-hetero) is 2. The highest BCUT2D eigenvalue weighted by atomic mass is 16.6. The van der Waals surface area contributed by atoms with Crippen molar-refractivity contribution in [2.24, 2.45) is 10.9 Å². The fourth-order valence-electron chi connectivity index (χ4n) is 3.43. The Morgan fingerprint density at radius 2 is 1.69 bits per heavy atom. The normalized spacial score (nSPS) is 19.8. The second-order valence-corrected chi connectivity index (χ2v) is 6.13. The first-order chi connectivity index (χ1) is 12.1. The average molecular weight is 359 g/mol. The molecule has 26 heavy (non-hydrogen) atoms. The fraction of sp³-hybridized carbons (Fsp3) is 0.353. The third-order valence-electron chi connectivity index (χ3n) is 4.40. The molecule has 0 N–H and O–H groups in total. The molecule has 0 saturated carbocycles. The first-order valence-corrected chi connectivity index (χ1v) is 7.76. The molecule has 1 heterocycles. The minimum absolute atomic E-state index is 0.0830. The van der Waals surface area contributed by atoms with Crippen molar-refractivity contribution in [3.05, 3.63) is 55.3 Å². The van der Waals surface area contributed by atoms with Gasteiger partial charge >= 0.3 is 0 Å². The molecule has 0 radical (unpaired) electrons. The molecule has 0 saturated heterocycles. The van der Waals surface area contributed by atoms with Gasteiger partial charge in [0.25, 0.3) is 11.4 Å². The van der Waals surface area contributed by atoms with Gasteiger partial charge in [0.15, 0.2) is 5.78 Å². The van der Waals surface area contributed by atoms with Crippen LogP contribution in [0.15, 0.2) is 34.5 Å². The van der Waals surface area contributed by atoms with Crippen molar-refractivity contribution < 1.29 is 19.4 Å². The molecule has 2 atom stereocenters. The summed E-state index contributed by atoms with van der Waals surface area (Å²) >= 11 is 0. The van der Waals surface area contributed by atoms with E-state index in [0.29, 0.717) is 11.4 Å². The molecular weight excluding hydrogens is 342 g/mol. The van der Waals surface area contributed by atoms with Gasteiger partial charge in [-0.3, -0.25) is 34.8 Å². The summed E-state index contributed by atoms with van der Waals surface area (Å²) in [6.45, 7) is 5.85. The van der Waals surface area contributed by atoms with Gasteiger partial charge in [-0.25, -0.2) is 0 Å².